The summed E-state index contributed by atoms with van der Waals surface area (Å²) in [5.41, 5.74) is 6.13. The van der Waals surface area contributed by atoms with Crippen LogP contribution in [0.4, 0.5) is 5.69 Å². The molecule has 0 saturated heterocycles. The molecule has 0 saturated carbocycles. The van der Waals surface area contributed by atoms with E-state index in [9.17, 15) is 9.59 Å². The Labute approximate surface area is 232 Å². The lowest BCUT2D eigenvalue weighted by Crippen LogP contribution is -2.33. The molecular formula is C32H31N3O5. The van der Waals surface area contributed by atoms with Crippen LogP contribution in [0.2, 0.25) is 0 Å². The third-order valence-corrected chi connectivity index (χ3v) is 7.76. The number of anilines is 1. The van der Waals surface area contributed by atoms with Crippen LogP contribution >= 0.6 is 0 Å². The Bertz CT molecular complexity index is 1670. The number of methoxy groups -OCH3 is 2. The summed E-state index contributed by atoms with van der Waals surface area (Å²) in [5.74, 6) is 0.918. The van der Waals surface area contributed by atoms with Gasteiger partial charge in [0.2, 0.25) is 5.91 Å². The average molecular weight is 538 g/mol. The van der Waals surface area contributed by atoms with Crippen LogP contribution in [0.1, 0.15) is 29.5 Å². The van der Waals surface area contributed by atoms with Crippen molar-refractivity contribution in [1.29, 1.82) is 0 Å². The molecule has 0 bridgehead atoms. The summed E-state index contributed by atoms with van der Waals surface area (Å²) in [6.07, 6.45) is 2.75. The predicted octanol–water partition coefficient (Wildman–Crippen LogP) is 5.02. The fourth-order valence-electron chi connectivity index (χ4n) is 5.83. The molecule has 1 unspecified atom stereocenters. The zero-order valence-electron chi connectivity index (χ0n) is 23.0. The van der Waals surface area contributed by atoms with E-state index < -0.39 is 5.92 Å². The highest BCUT2D eigenvalue weighted by atomic mass is 16.5. The molecule has 3 aromatic carbocycles. The van der Waals surface area contributed by atoms with Crippen molar-refractivity contribution in [3.63, 3.8) is 0 Å². The Morgan fingerprint density at radius 1 is 1.00 bits per heavy atom. The van der Waals surface area contributed by atoms with Gasteiger partial charge in [-0.05, 0) is 41.5 Å². The topological polar surface area (TPSA) is 82.0 Å². The van der Waals surface area contributed by atoms with Crippen molar-refractivity contribution in [2.45, 2.75) is 19.3 Å². The van der Waals surface area contributed by atoms with E-state index in [0.717, 1.165) is 44.7 Å². The minimum atomic E-state index is -0.474. The van der Waals surface area contributed by atoms with Crippen molar-refractivity contribution in [1.82, 2.24) is 9.47 Å². The Hall–Kier alpha value is -4.72. The van der Waals surface area contributed by atoms with Crippen LogP contribution in [-0.4, -0.2) is 48.7 Å². The minimum absolute atomic E-state index is 0.199. The van der Waals surface area contributed by atoms with Gasteiger partial charge in [0.15, 0.2) is 11.5 Å². The Morgan fingerprint density at radius 3 is 2.50 bits per heavy atom. The van der Waals surface area contributed by atoms with Gasteiger partial charge in [-0.15, -0.1) is 0 Å². The highest BCUT2D eigenvalue weighted by molar-refractivity contribution is 6.11. The number of nitrogens with zero attached hydrogens (tertiary/aromatic N) is 2. The quantitative estimate of drug-likeness (QED) is 0.357. The molecule has 1 aromatic heterocycles. The van der Waals surface area contributed by atoms with E-state index in [1.165, 1.54) is 11.8 Å². The lowest BCUT2D eigenvalue weighted by Gasteiger charge is -2.23. The molecule has 8 heteroatoms. The number of hydrogen-bond donors (Lipinski definition) is 1. The molecule has 40 heavy (non-hydrogen) atoms. The van der Waals surface area contributed by atoms with Crippen molar-refractivity contribution in [2.75, 3.05) is 32.7 Å². The number of hydrogen-bond acceptors (Lipinski definition) is 6. The Balaban J connectivity index is 1.47. The first kappa shape index (κ1) is 25.6. The molecule has 0 fully saturated rings. The number of imide groups is 1. The first-order valence-corrected chi connectivity index (χ1v) is 13.2. The van der Waals surface area contributed by atoms with Gasteiger partial charge in [0.1, 0.15) is 5.75 Å². The van der Waals surface area contributed by atoms with E-state index in [0.29, 0.717) is 30.1 Å². The largest absolute Gasteiger partial charge is 0.497 e. The first-order chi connectivity index (χ1) is 19.4. The number of carbonyl (C=O) groups is 2. The fraction of sp³-hybridized carbons (Fsp3) is 0.250. The van der Waals surface area contributed by atoms with Crippen molar-refractivity contribution in [2.24, 2.45) is 7.05 Å². The molecule has 0 aliphatic carbocycles. The van der Waals surface area contributed by atoms with E-state index >= 15 is 0 Å². The van der Waals surface area contributed by atoms with Gasteiger partial charge in [-0.25, -0.2) is 0 Å². The van der Waals surface area contributed by atoms with Crippen LogP contribution in [0.3, 0.4) is 0 Å². The summed E-state index contributed by atoms with van der Waals surface area (Å²) in [7, 11) is 5.26. The van der Waals surface area contributed by atoms with Gasteiger partial charge in [-0.2, -0.15) is 0 Å². The molecule has 2 aliphatic heterocycles. The van der Waals surface area contributed by atoms with Gasteiger partial charge >= 0.3 is 0 Å². The molecule has 204 valence electrons. The summed E-state index contributed by atoms with van der Waals surface area (Å²) in [4.78, 5) is 27.6. The highest BCUT2D eigenvalue weighted by Gasteiger charge is 2.42. The first-order valence-electron chi connectivity index (χ1n) is 13.2. The highest BCUT2D eigenvalue weighted by Crippen LogP contribution is 2.50. The molecular weight excluding hydrogens is 506 g/mol. The second-order valence-electron chi connectivity index (χ2n) is 10.1. The lowest BCUT2D eigenvalue weighted by atomic mass is 9.83. The standard InChI is InChI=1S/C32H31N3O5/c1-19(36)35-18-25-30(32(35)37)28(23-17-34(2)26-9-6-8-24(33-25)29(23)26)22-7-5-10-27(39-4)31(22)40-16-15-20-11-13-21(38-3)14-12-20/h5-14,17,28,33H,15-16,18H2,1-4H3. The van der Waals surface area contributed by atoms with E-state index in [2.05, 4.69) is 22.1 Å². The van der Waals surface area contributed by atoms with Gasteiger partial charge in [0.05, 0.1) is 38.5 Å². The van der Waals surface area contributed by atoms with Crippen molar-refractivity contribution < 1.29 is 23.8 Å². The van der Waals surface area contributed by atoms with Crippen LogP contribution in [-0.2, 0) is 23.1 Å². The second-order valence-corrected chi connectivity index (χ2v) is 10.1. The molecule has 8 nitrogen and oxygen atoms in total. The molecule has 1 N–H and O–H groups in total. The molecule has 2 aliphatic rings. The van der Waals surface area contributed by atoms with E-state index in [1.807, 2.05) is 61.6 Å². The summed E-state index contributed by atoms with van der Waals surface area (Å²) in [6.45, 7) is 2.03. The van der Waals surface area contributed by atoms with Gasteiger partial charge in [0, 0.05) is 54.8 Å². The maximum atomic E-state index is 13.8. The smallest absolute Gasteiger partial charge is 0.259 e. The van der Waals surface area contributed by atoms with E-state index in [-0.39, 0.29) is 18.4 Å². The lowest BCUT2D eigenvalue weighted by molar-refractivity contribution is -0.139. The molecule has 0 spiro atoms. The summed E-state index contributed by atoms with van der Waals surface area (Å²) in [5, 5.41) is 4.55. The number of nitrogens with one attached hydrogen (secondary N) is 1. The predicted molar refractivity (Wildman–Crippen MR) is 153 cm³/mol. The number of benzene rings is 3. The normalized spacial score (nSPS) is 16.1. The number of para-hydroxylation sites is 1. The van der Waals surface area contributed by atoms with Crippen LogP contribution in [0.15, 0.2) is 78.1 Å². The zero-order valence-corrected chi connectivity index (χ0v) is 23.0. The van der Waals surface area contributed by atoms with Crippen LogP contribution in [0, 0.1) is 0 Å². The van der Waals surface area contributed by atoms with Gasteiger partial charge < -0.3 is 24.1 Å². The Morgan fingerprint density at radius 2 is 1.77 bits per heavy atom. The van der Waals surface area contributed by atoms with Gasteiger partial charge in [-0.1, -0.05) is 30.3 Å². The van der Waals surface area contributed by atoms with Crippen LogP contribution < -0.4 is 19.5 Å². The monoisotopic (exact) mass is 537 g/mol. The molecule has 1 atom stereocenters. The van der Waals surface area contributed by atoms with Crippen molar-refractivity contribution in [3.05, 3.63) is 94.8 Å². The van der Waals surface area contributed by atoms with Crippen molar-refractivity contribution in [3.8, 4) is 17.2 Å². The summed E-state index contributed by atoms with van der Waals surface area (Å²) >= 11 is 0. The van der Waals surface area contributed by atoms with Gasteiger partial charge in [-0.3, -0.25) is 14.5 Å². The molecule has 0 radical (unpaired) electrons. The van der Waals surface area contributed by atoms with Crippen LogP contribution in [0.25, 0.3) is 10.9 Å². The molecule has 4 aromatic rings. The third-order valence-electron chi connectivity index (χ3n) is 7.76. The van der Waals surface area contributed by atoms with Crippen molar-refractivity contribution >= 4 is 28.4 Å². The average Bonchev–Trinajstić information content (AvgIpc) is 3.42. The maximum Gasteiger partial charge on any atom is 0.259 e. The number of aryl methyl sites for hydroxylation is 1. The van der Waals surface area contributed by atoms with E-state index in [4.69, 9.17) is 14.2 Å². The summed E-state index contributed by atoms with van der Waals surface area (Å²) < 4.78 is 19.6. The second kappa shape index (κ2) is 10.1. The molecule has 3 heterocycles. The number of amides is 2. The third kappa shape index (κ3) is 4.16. The number of carbonyl (C=O) groups excluding carboxylic acids is 2. The SMILES string of the molecule is COc1ccc(CCOc2c(OC)cccc2C2C3=C(CN(C(C)=O)C3=O)Nc3cccc4c3c2cn4C)cc1. The maximum absolute atomic E-state index is 13.8. The zero-order chi connectivity index (χ0) is 28.0. The van der Waals surface area contributed by atoms with E-state index in [1.54, 1.807) is 14.2 Å². The van der Waals surface area contributed by atoms with Crippen LogP contribution in [0.5, 0.6) is 17.2 Å². The molecule has 2 amide bonds. The number of aromatic nitrogens is 1. The Kier molecular flexibility index (Phi) is 6.46. The number of ether oxygens (including phenoxy) is 3. The summed E-state index contributed by atoms with van der Waals surface area (Å²) in [6, 6.07) is 19.7. The fourth-order valence-corrected chi connectivity index (χ4v) is 5.83. The van der Waals surface area contributed by atoms with Gasteiger partial charge in [0.25, 0.3) is 5.91 Å². The molecule has 6 rings (SSSR count). The number of rotatable bonds is 7. The minimum Gasteiger partial charge on any atom is -0.497 e.